The average Bonchev–Trinajstić information content (AvgIpc) is 3.25. The van der Waals surface area contributed by atoms with E-state index in [4.69, 9.17) is 9.47 Å². The Balaban J connectivity index is 1.90. The molecule has 0 amide bonds. The molecule has 2 heterocycles. The fraction of sp³-hybridized carbons (Fsp3) is 0.700. The van der Waals surface area contributed by atoms with Gasteiger partial charge in [0.25, 0.3) is 0 Å². The van der Waals surface area contributed by atoms with Crippen molar-refractivity contribution in [2.45, 2.75) is 82.2 Å². The number of carbonyl (C=O) groups is 2. The van der Waals surface area contributed by atoms with E-state index in [-0.39, 0.29) is 36.2 Å². The van der Waals surface area contributed by atoms with Crippen LogP contribution in [0.2, 0.25) is 0 Å². The van der Waals surface area contributed by atoms with Crippen LogP contribution in [0.25, 0.3) is 0 Å². The van der Waals surface area contributed by atoms with E-state index in [1.54, 1.807) is 19.9 Å². The molecule has 0 aromatic carbocycles. The first kappa shape index (κ1) is 19.3. The molecule has 1 N–H and O–H groups in total. The quantitative estimate of drug-likeness (QED) is 0.192. The predicted molar refractivity (Wildman–Crippen MR) is 94.4 cm³/mol. The van der Waals surface area contributed by atoms with Gasteiger partial charge in [0.1, 0.15) is 5.60 Å². The van der Waals surface area contributed by atoms with Gasteiger partial charge in [0.2, 0.25) is 0 Å². The number of carbonyl (C=O) groups excluding carboxylic acids is 2. The number of hydrogen-bond acceptors (Lipinski definition) is 6. The number of Topliss-reactive ketones (excluding diaryl/α,β-unsaturated/α-hetero) is 1. The van der Waals surface area contributed by atoms with Crippen LogP contribution in [0.15, 0.2) is 24.3 Å². The van der Waals surface area contributed by atoms with E-state index in [1.165, 1.54) is 0 Å². The normalized spacial score (nSPS) is 44.1. The van der Waals surface area contributed by atoms with Gasteiger partial charge in [-0.3, -0.25) is 10.1 Å². The molecule has 0 spiro atoms. The van der Waals surface area contributed by atoms with Crippen molar-refractivity contribution in [3.05, 3.63) is 24.3 Å². The number of fused-ring (bicyclic) bond motifs is 4. The molecule has 2 fully saturated rings. The predicted octanol–water partition coefficient (Wildman–Crippen LogP) is 3.36. The lowest BCUT2D eigenvalue weighted by Gasteiger charge is -2.28. The second kappa shape index (κ2) is 6.59. The standard InChI is InChI=1S/C20H28O6/c1-13-14-6-11-19(3,25-17(13)22)15(21)7-10-18(2,26-23)8-5-9-20(4)16(12-14)24-20/h5,8,14,16,23H,1,6-7,9-12H2,2-4H3. The zero-order chi connectivity index (χ0) is 19.2. The molecule has 0 aromatic rings. The fourth-order valence-electron chi connectivity index (χ4n) is 3.92. The van der Waals surface area contributed by atoms with Gasteiger partial charge in [-0.2, -0.15) is 0 Å². The van der Waals surface area contributed by atoms with Crippen molar-refractivity contribution in [2.24, 2.45) is 5.92 Å². The molecule has 1 aliphatic carbocycles. The van der Waals surface area contributed by atoms with Crippen molar-refractivity contribution in [3.8, 4) is 0 Å². The Kier molecular flexibility index (Phi) is 4.88. The van der Waals surface area contributed by atoms with Crippen LogP contribution in [0, 0.1) is 5.92 Å². The summed E-state index contributed by atoms with van der Waals surface area (Å²) in [5.74, 6) is -0.706. The molecule has 3 aliphatic rings. The number of epoxide rings is 1. The summed E-state index contributed by atoms with van der Waals surface area (Å²) in [4.78, 5) is 29.9. The maximum Gasteiger partial charge on any atom is 0.334 e. The Bertz CT molecular complexity index is 655. The molecule has 6 nitrogen and oxygen atoms in total. The highest BCUT2D eigenvalue weighted by Crippen LogP contribution is 2.46. The highest BCUT2D eigenvalue weighted by molar-refractivity contribution is 5.94. The molecular formula is C20H28O6. The molecular weight excluding hydrogens is 336 g/mol. The van der Waals surface area contributed by atoms with Crippen molar-refractivity contribution in [1.82, 2.24) is 0 Å². The number of ketones is 1. The Morgan fingerprint density at radius 3 is 2.69 bits per heavy atom. The smallest absolute Gasteiger partial charge is 0.334 e. The van der Waals surface area contributed by atoms with Gasteiger partial charge in [-0.25, -0.2) is 9.68 Å². The summed E-state index contributed by atoms with van der Waals surface area (Å²) < 4.78 is 11.4. The molecule has 2 saturated heterocycles. The lowest BCUT2D eigenvalue weighted by Crippen LogP contribution is -2.40. The van der Waals surface area contributed by atoms with Crippen LogP contribution in [0.1, 0.15) is 59.3 Å². The van der Waals surface area contributed by atoms with Crippen LogP contribution in [0.5, 0.6) is 0 Å². The minimum absolute atomic E-state index is 0.0333. The Labute approximate surface area is 154 Å². The van der Waals surface area contributed by atoms with Gasteiger partial charge < -0.3 is 9.47 Å². The fourth-order valence-corrected chi connectivity index (χ4v) is 3.92. The summed E-state index contributed by atoms with van der Waals surface area (Å²) in [6.07, 6.45) is 6.64. The van der Waals surface area contributed by atoms with E-state index < -0.39 is 17.2 Å². The minimum Gasteiger partial charge on any atom is -0.448 e. The van der Waals surface area contributed by atoms with Crippen LogP contribution in [0.4, 0.5) is 0 Å². The highest BCUT2D eigenvalue weighted by atomic mass is 17.1. The van der Waals surface area contributed by atoms with Gasteiger partial charge in [0, 0.05) is 12.0 Å². The molecule has 6 heteroatoms. The molecule has 5 unspecified atom stereocenters. The van der Waals surface area contributed by atoms with Gasteiger partial charge in [0.15, 0.2) is 11.4 Å². The van der Waals surface area contributed by atoms with Crippen molar-refractivity contribution < 1.29 is 29.2 Å². The van der Waals surface area contributed by atoms with Gasteiger partial charge in [-0.05, 0) is 58.8 Å². The van der Waals surface area contributed by atoms with E-state index in [0.717, 1.165) is 0 Å². The first-order valence-corrected chi connectivity index (χ1v) is 9.24. The third-order valence-corrected chi connectivity index (χ3v) is 6.22. The van der Waals surface area contributed by atoms with Gasteiger partial charge in [-0.15, -0.1) is 0 Å². The summed E-state index contributed by atoms with van der Waals surface area (Å²) in [6.45, 7) is 9.34. The zero-order valence-electron chi connectivity index (χ0n) is 15.7. The monoisotopic (exact) mass is 364 g/mol. The highest BCUT2D eigenvalue weighted by Gasteiger charge is 2.53. The van der Waals surface area contributed by atoms with Crippen molar-refractivity contribution in [2.75, 3.05) is 0 Å². The van der Waals surface area contributed by atoms with Crippen LogP contribution in [0.3, 0.4) is 0 Å². The topological polar surface area (TPSA) is 85.4 Å². The first-order chi connectivity index (χ1) is 12.1. The average molecular weight is 364 g/mol. The van der Waals surface area contributed by atoms with Gasteiger partial charge in [0.05, 0.1) is 11.7 Å². The van der Waals surface area contributed by atoms with Crippen LogP contribution < -0.4 is 0 Å². The number of ether oxygens (including phenoxy) is 2. The van der Waals surface area contributed by atoms with Gasteiger partial charge in [-0.1, -0.05) is 18.7 Å². The molecule has 3 rings (SSSR count). The third-order valence-electron chi connectivity index (χ3n) is 6.22. The van der Waals surface area contributed by atoms with Crippen molar-refractivity contribution >= 4 is 11.8 Å². The van der Waals surface area contributed by atoms with Crippen LogP contribution in [-0.4, -0.2) is 39.9 Å². The number of esters is 1. The van der Waals surface area contributed by atoms with Gasteiger partial charge >= 0.3 is 5.97 Å². The molecule has 0 radical (unpaired) electrons. The van der Waals surface area contributed by atoms with Crippen molar-refractivity contribution in [1.29, 1.82) is 0 Å². The summed E-state index contributed by atoms with van der Waals surface area (Å²) in [5.41, 5.74) is -2.01. The maximum absolute atomic E-state index is 12.8. The second-order valence-electron chi connectivity index (χ2n) is 8.47. The van der Waals surface area contributed by atoms with Crippen molar-refractivity contribution in [3.63, 3.8) is 0 Å². The summed E-state index contributed by atoms with van der Waals surface area (Å²) >= 11 is 0. The van der Waals surface area contributed by atoms with E-state index >= 15 is 0 Å². The maximum atomic E-state index is 12.8. The second-order valence-corrected chi connectivity index (χ2v) is 8.47. The van der Waals surface area contributed by atoms with Crippen LogP contribution in [-0.2, 0) is 24.0 Å². The first-order valence-electron chi connectivity index (χ1n) is 9.24. The number of rotatable bonds is 1. The molecule has 144 valence electrons. The summed E-state index contributed by atoms with van der Waals surface area (Å²) in [7, 11) is 0. The lowest BCUT2D eigenvalue weighted by molar-refractivity contribution is -0.304. The lowest BCUT2D eigenvalue weighted by atomic mass is 9.82. The molecule has 26 heavy (non-hydrogen) atoms. The number of hydrogen-bond donors (Lipinski definition) is 1. The Morgan fingerprint density at radius 2 is 2.00 bits per heavy atom. The minimum atomic E-state index is -1.17. The largest absolute Gasteiger partial charge is 0.448 e. The van der Waals surface area contributed by atoms with E-state index in [9.17, 15) is 14.8 Å². The van der Waals surface area contributed by atoms with E-state index in [0.29, 0.717) is 31.3 Å². The summed E-state index contributed by atoms with van der Waals surface area (Å²) in [5, 5.41) is 9.31. The summed E-state index contributed by atoms with van der Waals surface area (Å²) in [6, 6.07) is 0. The van der Waals surface area contributed by atoms with E-state index in [1.807, 2.05) is 13.0 Å². The molecule has 5 atom stereocenters. The SMILES string of the molecule is C=C1C(=O)OC2(C)CCC1CC1OC1(C)CC=CC(C)(OO)CCC2=O. The third kappa shape index (κ3) is 3.63. The molecule has 0 aromatic heterocycles. The van der Waals surface area contributed by atoms with E-state index in [2.05, 4.69) is 11.5 Å². The van der Waals surface area contributed by atoms with Crippen LogP contribution >= 0.6 is 0 Å². The Hall–Kier alpha value is -1.50. The molecule has 2 bridgehead atoms. The molecule has 2 aliphatic heterocycles. The zero-order valence-corrected chi connectivity index (χ0v) is 15.7. The molecule has 0 saturated carbocycles. The Morgan fingerprint density at radius 1 is 1.27 bits per heavy atom.